The minimum atomic E-state index is -0.756. The van der Waals surface area contributed by atoms with Gasteiger partial charge in [0.2, 0.25) is 5.88 Å². The third-order valence-electron chi connectivity index (χ3n) is 4.79. The van der Waals surface area contributed by atoms with E-state index in [1.807, 2.05) is 60.7 Å². The highest BCUT2D eigenvalue weighted by Crippen LogP contribution is 2.28. The molecule has 0 bridgehead atoms. The number of carbonyl (C=O) groups is 1. The summed E-state index contributed by atoms with van der Waals surface area (Å²) in [4.78, 5) is 17.3. The van der Waals surface area contributed by atoms with Crippen molar-refractivity contribution in [2.45, 2.75) is 25.6 Å². The normalized spacial score (nSPS) is 12.6. The number of nitrogen functional groups attached to an aromatic ring is 1. The lowest BCUT2D eigenvalue weighted by Gasteiger charge is -2.19. The van der Waals surface area contributed by atoms with Crippen LogP contribution >= 0.6 is 12.6 Å². The summed E-state index contributed by atoms with van der Waals surface area (Å²) < 4.78 is 5.98. The summed E-state index contributed by atoms with van der Waals surface area (Å²) in [5.41, 5.74) is 15.7. The molecule has 1 aromatic heterocycles. The van der Waals surface area contributed by atoms with Crippen molar-refractivity contribution in [2.75, 3.05) is 23.3 Å². The second-order valence-corrected chi connectivity index (χ2v) is 7.83. The fourth-order valence-corrected chi connectivity index (χ4v) is 3.13. The molecule has 32 heavy (non-hydrogen) atoms. The van der Waals surface area contributed by atoms with Crippen LogP contribution in [0.15, 0.2) is 66.7 Å². The zero-order valence-electron chi connectivity index (χ0n) is 18.0. The van der Waals surface area contributed by atoms with Crippen molar-refractivity contribution in [1.29, 1.82) is 0 Å². The van der Waals surface area contributed by atoms with E-state index in [0.29, 0.717) is 36.1 Å². The van der Waals surface area contributed by atoms with Crippen LogP contribution in [0, 0.1) is 0 Å². The van der Waals surface area contributed by atoms with Gasteiger partial charge >= 0.3 is 0 Å². The van der Waals surface area contributed by atoms with Gasteiger partial charge in [-0.05, 0) is 36.8 Å². The Labute approximate surface area is 194 Å². The Morgan fingerprint density at radius 3 is 2.62 bits per heavy atom. The lowest BCUT2D eigenvalue weighted by Crippen LogP contribution is -2.36. The predicted octanol–water partition coefficient (Wildman–Crippen LogP) is 3.08. The predicted molar refractivity (Wildman–Crippen MR) is 133 cm³/mol. The minimum absolute atomic E-state index is 0.126. The highest BCUT2D eigenvalue weighted by atomic mass is 32.1. The number of aromatic nitrogens is 1. The number of nitrogens with one attached hydrogen (secondary N) is 2. The van der Waals surface area contributed by atoms with Gasteiger partial charge < -0.3 is 26.8 Å². The SMILES string of the molecule is C[C@@H](Oc1nc(-c2ccccc2)ccc1NCC(N)CS)C(=O)NCc1cccc(N)c1. The Balaban J connectivity index is 1.74. The Bertz CT molecular complexity index is 1030. The summed E-state index contributed by atoms with van der Waals surface area (Å²) in [6.45, 7) is 2.55. The summed E-state index contributed by atoms with van der Waals surface area (Å²) in [5.74, 6) is 0.628. The third-order valence-corrected chi connectivity index (χ3v) is 5.26. The second-order valence-electron chi connectivity index (χ2n) is 7.46. The number of rotatable bonds is 10. The van der Waals surface area contributed by atoms with Crippen molar-refractivity contribution in [1.82, 2.24) is 10.3 Å². The van der Waals surface area contributed by atoms with Gasteiger partial charge in [0.25, 0.3) is 5.91 Å². The third kappa shape index (κ3) is 6.63. The van der Waals surface area contributed by atoms with Crippen molar-refractivity contribution in [3.8, 4) is 17.1 Å². The number of carbonyl (C=O) groups excluding carboxylic acids is 1. The highest BCUT2D eigenvalue weighted by Gasteiger charge is 2.18. The Hall–Kier alpha value is -3.23. The van der Waals surface area contributed by atoms with Crippen molar-refractivity contribution in [2.24, 2.45) is 5.73 Å². The summed E-state index contributed by atoms with van der Waals surface area (Å²) >= 11 is 4.22. The molecule has 1 unspecified atom stereocenters. The van der Waals surface area contributed by atoms with Gasteiger partial charge in [0.15, 0.2) is 6.10 Å². The Kier molecular flexibility index (Phi) is 8.35. The number of hydrogen-bond acceptors (Lipinski definition) is 7. The minimum Gasteiger partial charge on any atom is -0.463 e. The Morgan fingerprint density at radius 1 is 1.12 bits per heavy atom. The average molecular weight is 452 g/mol. The van der Waals surface area contributed by atoms with Gasteiger partial charge in [-0.15, -0.1) is 0 Å². The molecule has 0 saturated heterocycles. The standard InChI is InChI=1S/C24H29N5O2S/c1-16(23(30)28-13-17-6-5-9-19(25)12-17)31-24-22(27-14-20(26)15-32)11-10-21(29-24)18-7-3-2-4-8-18/h2-12,16,20,27,32H,13-15,25-26H2,1H3,(H,28,30)/t16-,20?/m1/s1. The maximum Gasteiger partial charge on any atom is 0.261 e. The van der Waals surface area contributed by atoms with E-state index in [2.05, 4.69) is 28.2 Å². The molecule has 0 fully saturated rings. The van der Waals surface area contributed by atoms with E-state index in [-0.39, 0.29) is 11.9 Å². The molecule has 0 spiro atoms. The van der Waals surface area contributed by atoms with E-state index >= 15 is 0 Å². The van der Waals surface area contributed by atoms with Crippen LogP contribution in [0.2, 0.25) is 0 Å². The molecule has 168 valence electrons. The van der Waals surface area contributed by atoms with Gasteiger partial charge in [-0.2, -0.15) is 12.6 Å². The van der Waals surface area contributed by atoms with Crippen LogP contribution in [0.3, 0.4) is 0 Å². The second kappa shape index (κ2) is 11.4. The van der Waals surface area contributed by atoms with E-state index in [0.717, 1.165) is 16.8 Å². The van der Waals surface area contributed by atoms with Crippen LogP contribution in [0.4, 0.5) is 11.4 Å². The molecule has 1 heterocycles. The molecule has 2 atom stereocenters. The summed E-state index contributed by atoms with van der Waals surface area (Å²) in [5, 5.41) is 6.12. The van der Waals surface area contributed by atoms with Crippen LogP contribution < -0.4 is 26.8 Å². The molecule has 6 N–H and O–H groups in total. The molecule has 0 aliphatic carbocycles. The van der Waals surface area contributed by atoms with E-state index in [9.17, 15) is 4.79 Å². The molecule has 0 aliphatic rings. The molecule has 7 nitrogen and oxygen atoms in total. The monoisotopic (exact) mass is 451 g/mol. The molecule has 3 rings (SSSR count). The lowest BCUT2D eigenvalue weighted by molar-refractivity contribution is -0.127. The van der Waals surface area contributed by atoms with Crippen LogP contribution in [0.25, 0.3) is 11.3 Å². The maximum absolute atomic E-state index is 12.6. The average Bonchev–Trinajstić information content (AvgIpc) is 2.82. The number of nitrogens with two attached hydrogens (primary N) is 2. The number of ether oxygens (including phenoxy) is 1. The van der Waals surface area contributed by atoms with Crippen molar-refractivity contribution in [3.05, 3.63) is 72.3 Å². The van der Waals surface area contributed by atoms with E-state index in [1.54, 1.807) is 13.0 Å². The molecule has 0 aliphatic heterocycles. The van der Waals surface area contributed by atoms with Gasteiger partial charge in [-0.25, -0.2) is 4.98 Å². The van der Waals surface area contributed by atoms with Crippen molar-refractivity contribution < 1.29 is 9.53 Å². The maximum atomic E-state index is 12.6. The summed E-state index contributed by atoms with van der Waals surface area (Å²) in [6.07, 6.45) is -0.756. The topological polar surface area (TPSA) is 115 Å². The molecule has 2 aromatic carbocycles. The summed E-state index contributed by atoms with van der Waals surface area (Å²) in [6, 6.07) is 20.8. The zero-order valence-corrected chi connectivity index (χ0v) is 18.9. The number of hydrogen-bond donors (Lipinski definition) is 5. The number of amides is 1. The molecular weight excluding hydrogens is 422 g/mol. The lowest BCUT2D eigenvalue weighted by atomic mass is 10.1. The van der Waals surface area contributed by atoms with Gasteiger partial charge in [-0.3, -0.25) is 4.79 Å². The van der Waals surface area contributed by atoms with Gasteiger partial charge in [-0.1, -0.05) is 42.5 Å². The largest absolute Gasteiger partial charge is 0.463 e. The molecule has 1 amide bonds. The highest BCUT2D eigenvalue weighted by molar-refractivity contribution is 7.80. The van der Waals surface area contributed by atoms with Crippen molar-refractivity contribution in [3.63, 3.8) is 0 Å². The zero-order chi connectivity index (χ0) is 22.9. The van der Waals surface area contributed by atoms with Gasteiger partial charge in [0.05, 0.1) is 11.4 Å². The molecule has 3 aromatic rings. The van der Waals surface area contributed by atoms with Gasteiger partial charge in [0.1, 0.15) is 0 Å². The Morgan fingerprint density at radius 2 is 1.91 bits per heavy atom. The number of benzene rings is 2. The summed E-state index contributed by atoms with van der Waals surface area (Å²) in [7, 11) is 0. The molecule has 0 saturated carbocycles. The van der Waals surface area contributed by atoms with Crippen LogP contribution in [0.5, 0.6) is 5.88 Å². The first-order valence-corrected chi connectivity index (χ1v) is 11.0. The molecule has 0 radical (unpaired) electrons. The van der Waals surface area contributed by atoms with E-state index in [1.165, 1.54) is 0 Å². The van der Waals surface area contributed by atoms with Crippen LogP contribution in [0.1, 0.15) is 12.5 Å². The van der Waals surface area contributed by atoms with Crippen LogP contribution in [-0.2, 0) is 11.3 Å². The van der Waals surface area contributed by atoms with E-state index < -0.39 is 6.10 Å². The smallest absolute Gasteiger partial charge is 0.261 e. The fraction of sp³-hybridized carbons (Fsp3) is 0.250. The fourth-order valence-electron chi connectivity index (χ4n) is 3.00. The van der Waals surface area contributed by atoms with E-state index in [4.69, 9.17) is 16.2 Å². The first kappa shape index (κ1) is 23.4. The molecule has 8 heteroatoms. The van der Waals surface area contributed by atoms with Crippen molar-refractivity contribution >= 4 is 29.9 Å². The number of nitrogens with zero attached hydrogens (tertiary/aromatic N) is 1. The first-order chi connectivity index (χ1) is 15.5. The van der Waals surface area contributed by atoms with Gasteiger partial charge in [0, 0.05) is 36.1 Å². The first-order valence-electron chi connectivity index (χ1n) is 10.4. The number of pyridine rings is 1. The quantitative estimate of drug-likeness (QED) is 0.239. The van der Waals surface area contributed by atoms with Crippen LogP contribution in [-0.4, -0.2) is 35.3 Å². The number of thiol groups is 1. The molecular formula is C24H29N5O2S. The number of anilines is 2.